The van der Waals surface area contributed by atoms with Gasteiger partial charge in [-0.15, -0.1) is 0 Å². The molecule has 5 rings (SSSR count). The number of nitrogens with zero attached hydrogens (tertiary/aromatic N) is 3. The Morgan fingerprint density at radius 2 is 2.03 bits per heavy atom. The predicted octanol–water partition coefficient (Wildman–Crippen LogP) is 4.11. The minimum Gasteiger partial charge on any atom is -0.454 e. The summed E-state index contributed by atoms with van der Waals surface area (Å²) >= 11 is 0. The largest absolute Gasteiger partial charge is 0.454 e. The molecule has 6 nitrogen and oxygen atoms in total. The number of hydrogen-bond acceptors (Lipinski definition) is 5. The number of piperidine rings is 1. The van der Waals surface area contributed by atoms with Crippen LogP contribution in [0.5, 0.6) is 11.5 Å². The van der Waals surface area contributed by atoms with Crippen molar-refractivity contribution in [3.63, 3.8) is 0 Å². The highest BCUT2D eigenvalue weighted by Gasteiger charge is 2.35. The quantitative estimate of drug-likeness (QED) is 0.743. The molecule has 0 aromatic heterocycles. The molecular weight excluding hydrogens is 397 g/mol. The van der Waals surface area contributed by atoms with Crippen LogP contribution in [0, 0.1) is 5.82 Å². The van der Waals surface area contributed by atoms with Gasteiger partial charge in [-0.05, 0) is 56.1 Å². The first-order valence-corrected chi connectivity index (χ1v) is 10.9. The Labute approximate surface area is 181 Å². The third-order valence-electron chi connectivity index (χ3n) is 6.38. The van der Waals surface area contributed by atoms with E-state index in [4.69, 9.17) is 9.47 Å². The minimum atomic E-state index is -0.313. The maximum Gasteiger partial charge on any atom is 0.257 e. The van der Waals surface area contributed by atoms with E-state index in [0.717, 1.165) is 24.9 Å². The molecule has 2 unspecified atom stereocenters. The third-order valence-corrected chi connectivity index (χ3v) is 6.38. The van der Waals surface area contributed by atoms with Crippen LogP contribution in [0.1, 0.15) is 49.8 Å². The monoisotopic (exact) mass is 423 g/mol. The van der Waals surface area contributed by atoms with Crippen molar-refractivity contribution in [2.75, 3.05) is 19.9 Å². The summed E-state index contributed by atoms with van der Waals surface area (Å²) < 4.78 is 24.8. The first-order chi connectivity index (χ1) is 15.1. The van der Waals surface area contributed by atoms with Crippen LogP contribution < -0.4 is 9.47 Å². The molecule has 0 bridgehead atoms. The molecule has 0 aliphatic carbocycles. The van der Waals surface area contributed by atoms with Crippen LogP contribution in [-0.2, 0) is 4.79 Å². The van der Waals surface area contributed by atoms with Crippen molar-refractivity contribution >= 4 is 11.6 Å². The Morgan fingerprint density at radius 3 is 2.87 bits per heavy atom. The number of carbonyl (C=O) groups excluding carboxylic acids is 1. The van der Waals surface area contributed by atoms with E-state index in [2.05, 4.69) is 16.9 Å². The molecule has 3 aliphatic rings. The van der Waals surface area contributed by atoms with Crippen molar-refractivity contribution in [3.05, 3.63) is 59.4 Å². The van der Waals surface area contributed by atoms with Gasteiger partial charge in [-0.2, -0.15) is 5.10 Å². The molecule has 0 spiro atoms. The van der Waals surface area contributed by atoms with Gasteiger partial charge in [0.1, 0.15) is 5.82 Å². The topological polar surface area (TPSA) is 54.4 Å². The van der Waals surface area contributed by atoms with Crippen molar-refractivity contribution < 1.29 is 18.7 Å². The summed E-state index contributed by atoms with van der Waals surface area (Å²) in [5.74, 6) is 1.02. The summed E-state index contributed by atoms with van der Waals surface area (Å²) in [6.45, 7) is 3.63. The van der Waals surface area contributed by atoms with E-state index in [1.54, 1.807) is 11.1 Å². The lowest BCUT2D eigenvalue weighted by molar-refractivity contribution is -0.135. The Hall–Kier alpha value is -2.93. The van der Waals surface area contributed by atoms with Gasteiger partial charge in [-0.25, -0.2) is 9.40 Å². The molecule has 2 atom stereocenters. The molecule has 2 aromatic carbocycles. The number of halogens is 1. The summed E-state index contributed by atoms with van der Waals surface area (Å²) in [7, 11) is 0. The minimum absolute atomic E-state index is 0.0391. The van der Waals surface area contributed by atoms with Crippen LogP contribution in [0.25, 0.3) is 0 Å². The molecular formula is C24H26FN3O3. The summed E-state index contributed by atoms with van der Waals surface area (Å²) in [5.41, 5.74) is 2.34. The fraction of sp³-hybridized carbons (Fsp3) is 0.417. The van der Waals surface area contributed by atoms with Gasteiger partial charge in [-0.1, -0.05) is 24.6 Å². The molecule has 2 aromatic rings. The van der Waals surface area contributed by atoms with E-state index < -0.39 is 0 Å². The Morgan fingerprint density at radius 1 is 1.16 bits per heavy atom. The second-order valence-electron chi connectivity index (χ2n) is 8.44. The summed E-state index contributed by atoms with van der Waals surface area (Å²) in [5, 5.41) is 6.26. The number of rotatable bonds is 4. The van der Waals surface area contributed by atoms with Gasteiger partial charge in [0.2, 0.25) is 6.79 Å². The average molecular weight is 423 g/mol. The first kappa shape index (κ1) is 20.0. The first-order valence-electron chi connectivity index (χ1n) is 10.9. The zero-order valence-electron chi connectivity index (χ0n) is 17.6. The highest BCUT2D eigenvalue weighted by atomic mass is 19.1. The molecule has 31 heavy (non-hydrogen) atoms. The van der Waals surface area contributed by atoms with Crippen molar-refractivity contribution in [2.24, 2.45) is 5.10 Å². The number of carbonyl (C=O) groups is 1. The van der Waals surface area contributed by atoms with Crippen LogP contribution in [-0.4, -0.2) is 47.5 Å². The second-order valence-corrected chi connectivity index (χ2v) is 8.44. The Bertz CT molecular complexity index is 1020. The van der Waals surface area contributed by atoms with Crippen LogP contribution in [0.15, 0.2) is 47.6 Å². The molecule has 0 radical (unpaired) electrons. The molecule has 3 heterocycles. The molecule has 3 aliphatic heterocycles. The maximum atomic E-state index is 13.8. The smallest absolute Gasteiger partial charge is 0.257 e. The van der Waals surface area contributed by atoms with E-state index in [0.29, 0.717) is 41.8 Å². The highest BCUT2D eigenvalue weighted by molar-refractivity contribution is 6.03. The zero-order chi connectivity index (χ0) is 21.4. The highest BCUT2D eigenvalue weighted by Crippen LogP contribution is 2.39. The Balaban J connectivity index is 1.44. The van der Waals surface area contributed by atoms with Gasteiger partial charge in [0.05, 0.1) is 18.3 Å². The number of likely N-dealkylation sites (tertiary alicyclic amines) is 1. The van der Waals surface area contributed by atoms with Gasteiger partial charge >= 0.3 is 0 Å². The number of amides is 1. The fourth-order valence-corrected chi connectivity index (χ4v) is 4.60. The molecule has 0 saturated carbocycles. The number of fused-ring (bicyclic) bond motifs is 1. The van der Waals surface area contributed by atoms with E-state index in [1.165, 1.54) is 18.6 Å². The van der Waals surface area contributed by atoms with Crippen LogP contribution >= 0.6 is 0 Å². The SMILES string of the molecule is CC1CCCCN1CC(=O)N1N=C(c2cccc(F)c2)CC1c1ccc2c(c1)OCO2. The number of hydrazone groups is 1. The number of ether oxygens (including phenoxy) is 2. The van der Waals surface area contributed by atoms with Crippen molar-refractivity contribution in [1.82, 2.24) is 9.91 Å². The average Bonchev–Trinajstić information content (AvgIpc) is 3.42. The summed E-state index contributed by atoms with van der Waals surface area (Å²) in [4.78, 5) is 15.6. The summed E-state index contributed by atoms with van der Waals surface area (Å²) in [6.07, 6.45) is 3.94. The molecule has 0 N–H and O–H groups in total. The number of benzene rings is 2. The molecule has 162 valence electrons. The molecule has 1 fully saturated rings. The molecule has 1 amide bonds. The van der Waals surface area contributed by atoms with Gasteiger partial charge in [0.15, 0.2) is 11.5 Å². The normalized spacial score (nSPS) is 23.2. The predicted molar refractivity (Wildman–Crippen MR) is 115 cm³/mol. The van der Waals surface area contributed by atoms with E-state index in [1.807, 2.05) is 24.3 Å². The fourth-order valence-electron chi connectivity index (χ4n) is 4.60. The lowest BCUT2D eigenvalue weighted by atomic mass is 9.98. The van der Waals surface area contributed by atoms with Gasteiger partial charge < -0.3 is 9.47 Å². The lowest BCUT2D eigenvalue weighted by Crippen LogP contribution is -2.44. The zero-order valence-corrected chi connectivity index (χ0v) is 17.6. The standard InChI is InChI=1S/C24H26FN3O3/c1-16-5-2-3-10-27(16)14-24(29)28-21(18-8-9-22-23(12-18)31-15-30-22)13-20(26-28)17-6-4-7-19(25)11-17/h4,6-9,11-12,16,21H,2-3,5,10,13-15H2,1H3. The van der Waals surface area contributed by atoms with Crippen molar-refractivity contribution in [3.8, 4) is 11.5 Å². The number of hydrogen-bond donors (Lipinski definition) is 0. The van der Waals surface area contributed by atoms with E-state index in [9.17, 15) is 9.18 Å². The maximum absolute atomic E-state index is 13.8. The van der Waals surface area contributed by atoms with Crippen molar-refractivity contribution in [2.45, 2.75) is 44.7 Å². The molecule has 1 saturated heterocycles. The van der Waals surface area contributed by atoms with Gasteiger partial charge in [0.25, 0.3) is 5.91 Å². The summed E-state index contributed by atoms with van der Waals surface area (Å²) in [6, 6.07) is 12.2. The van der Waals surface area contributed by atoms with E-state index in [-0.39, 0.29) is 24.6 Å². The van der Waals surface area contributed by atoms with Gasteiger partial charge in [0, 0.05) is 18.0 Å². The van der Waals surface area contributed by atoms with Gasteiger partial charge in [-0.3, -0.25) is 9.69 Å². The van der Waals surface area contributed by atoms with Crippen LogP contribution in [0.4, 0.5) is 4.39 Å². The third kappa shape index (κ3) is 4.02. The van der Waals surface area contributed by atoms with E-state index >= 15 is 0 Å². The van der Waals surface area contributed by atoms with Crippen LogP contribution in [0.2, 0.25) is 0 Å². The second kappa shape index (κ2) is 8.30. The van der Waals surface area contributed by atoms with Crippen molar-refractivity contribution in [1.29, 1.82) is 0 Å². The lowest BCUT2D eigenvalue weighted by Gasteiger charge is -2.34. The molecule has 7 heteroatoms. The Kier molecular flexibility index (Phi) is 5.36. The van der Waals surface area contributed by atoms with Crippen LogP contribution in [0.3, 0.4) is 0 Å².